The molecular weight excluding hydrogens is 136 g/mol. The maximum absolute atomic E-state index is 7.97. The number of hydrogen-bond acceptors (Lipinski definition) is 2. The number of oxime groups is 1. The third-order valence-electron chi connectivity index (χ3n) is 0.445. The van der Waals surface area contributed by atoms with Crippen LogP contribution in [0.3, 0.4) is 0 Å². The number of nitrogens with zero attached hydrogens (tertiary/aromatic N) is 1. The molecular formula is C5H13NNa2O. The van der Waals surface area contributed by atoms with Gasteiger partial charge in [0.1, 0.15) is 0 Å². The molecule has 1 N–H and O–H groups in total. The van der Waals surface area contributed by atoms with E-state index in [4.69, 9.17) is 5.21 Å². The molecule has 0 radical (unpaired) electrons. The Morgan fingerprint density at radius 1 is 1.33 bits per heavy atom. The van der Waals surface area contributed by atoms with Crippen molar-refractivity contribution >= 4 is 6.21 Å². The van der Waals surface area contributed by atoms with Gasteiger partial charge >= 0.3 is 59.1 Å². The average molecular weight is 149 g/mol. The smallest absolute Gasteiger partial charge is 1.00 e. The quantitative estimate of drug-likeness (QED) is 0.161. The SMILES string of the molecule is CC(C)(C)C=NO.[H-].[H-].[Na+].[Na+]. The van der Waals surface area contributed by atoms with Crippen LogP contribution in [-0.4, -0.2) is 11.4 Å². The van der Waals surface area contributed by atoms with Gasteiger partial charge < -0.3 is 8.06 Å². The standard InChI is InChI=1S/C5H11NO.2Na.2H/c1-5(2,3)4-6-7;;;;/h4,7H,1-3H3;;;;/q;2*+1;2*-1. The van der Waals surface area contributed by atoms with Crippen LogP contribution < -0.4 is 59.1 Å². The van der Waals surface area contributed by atoms with Crippen LogP contribution in [-0.2, 0) is 0 Å². The molecule has 0 aromatic rings. The molecule has 0 fully saturated rings. The number of rotatable bonds is 0. The first-order valence-corrected chi connectivity index (χ1v) is 2.25. The van der Waals surface area contributed by atoms with Gasteiger partial charge in [0, 0.05) is 11.6 Å². The van der Waals surface area contributed by atoms with E-state index in [1.807, 2.05) is 20.8 Å². The topological polar surface area (TPSA) is 32.6 Å². The molecule has 0 saturated carbocycles. The average Bonchev–Trinajstić information content (AvgIpc) is 1.30. The van der Waals surface area contributed by atoms with Gasteiger partial charge in [-0.25, -0.2) is 0 Å². The molecule has 0 spiro atoms. The van der Waals surface area contributed by atoms with Gasteiger partial charge in [-0.15, -0.1) is 5.16 Å². The summed E-state index contributed by atoms with van der Waals surface area (Å²) < 4.78 is 0. The zero-order chi connectivity index (χ0) is 5.91. The fourth-order valence-corrected chi connectivity index (χ4v) is 0.173. The molecule has 0 unspecified atom stereocenters. The molecule has 0 saturated heterocycles. The molecule has 9 heavy (non-hydrogen) atoms. The van der Waals surface area contributed by atoms with Gasteiger partial charge in [0.2, 0.25) is 0 Å². The molecule has 0 aromatic heterocycles. The van der Waals surface area contributed by atoms with E-state index in [1.165, 1.54) is 6.21 Å². The molecule has 2 nitrogen and oxygen atoms in total. The van der Waals surface area contributed by atoms with Gasteiger partial charge in [0.25, 0.3) is 0 Å². The summed E-state index contributed by atoms with van der Waals surface area (Å²) in [7, 11) is 0. The Labute approximate surface area is 104 Å². The van der Waals surface area contributed by atoms with Crippen molar-refractivity contribution in [3.05, 3.63) is 0 Å². The third kappa shape index (κ3) is 17.7. The fraction of sp³-hybridized carbons (Fsp3) is 0.800. The van der Waals surface area contributed by atoms with Gasteiger partial charge in [-0.05, 0) is 0 Å². The van der Waals surface area contributed by atoms with Crippen molar-refractivity contribution in [2.75, 3.05) is 0 Å². The molecule has 0 aliphatic heterocycles. The van der Waals surface area contributed by atoms with Crippen LogP contribution in [0.1, 0.15) is 23.6 Å². The van der Waals surface area contributed by atoms with Crippen molar-refractivity contribution in [1.29, 1.82) is 0 Å². The van der Waals surface area contributed by atoms with Crippen LogP contribution >= 0.6 is 0 Å². The minimum absolute atomic E-state index is 0. The Bertz CT molecular complexity index is 85.0. The fourth-order valence-electron chi connectivity index (χ4n) is 0.173. The Balaban J connectivity index is -0.0000000300. The molecule has 0 rings (SSSR count). The molecule has 4 heteroatoms. The summed E-state index contributed by atoms with van der Waals surface area (Å²) in [6.45, 7) is 5.90. The molecule has 46 valence electrons. The Morgan fingerprint density at radius 2 is 1.67 bits per heavy atom. The molecule has 0 atom stereocenters. The maximum atomic E-state index is 7.97. The Hall–Kier alpha value is 1.47. The molecule has 0 heterocycles. The van der Waals surface area contributed by atoms with Crippen LogP contribution in [0.4, 0.5) is 0 Å². The zero-order valence-electron chi connectivity index (χ0n) is 8.97. The van der Waals surface area contributed by atoms with Crippen LogP contribution in [0.5, 0.6) is 0 Å². The predicted molar refractivity (Wildman–Crippen MR) is 32.0 cm³/mol. The third-order valence-corrected chi connectivity index (χ3v) is 0.445. The molecule has 0 amide bonds. The summed E-state index contributed by atoms with van der Waals surface area (Å²) in [5.41, 5.74) is 0.00868. The van der Waals surface area contributed by atoms with E-state index in [0.29, 0.717) is 0 Å². The number of hydrogen-bond donors (Lipinski definition) is 1. The van der Waals surface area contributed by atoms with Crippen molar-refractivity contribution in [2.24, 2.45) is 10.6 Å². The van der Waals surface area contributed by atoms with Crippen LogP contribution in [0, 0.1) is 5.41 Å². The summed E-state index contributed by atoms with van der Waals surface area (Å²) >= 11 is 0. The van der Waals surface area contributed by atoms with Crippen molar-refractivity contribution in [3.8, 4) is 0 Å². The molecule has 0 aliphatic carbocycles. The Morgan fingerprint density at radius 3 is 1.67 bits per heavy atom. The second kappa shape index (κ2) is 7.58. The van der Waals surface area contributed by atoms with Gasteiger partial charge in [-0.2, -0.15) is 0 Å². The maximum Gasteiger partial charge on any atom is 1.00 e. The van der Waals surface area contributed by atoms with Crippen molar-refractivity contribution < 1.29 is 67.2 Å². The summed E-state index contributed by atoms with van der Waals surface area (Å²) in [5.74, 6) is 0. The van der Waals surface area contributed by atoms with Gasteiger partial charge in [0.05, 0.1) is 0 Å². The van der Waals surface area contributed by atoms with E-state index in [-0.39, 0.29) is 67.4 Å². The zero-order valence-corrected chi connectivity index (χ0v) is 11.0. The summed E-state index contributed by atoms with van der Waals surface area (Å²) in [4.78, 5) is 0. The van der Waals surface area contributed by atoms with E-state index >= 15 is 0 Å². The molecule has 0 aromatic carbocycles. The molecule has 0 bridgehead atoms. The monoisotopic (exact) mass is 149 g/mol. The van der Waals surface area contributed by atoms with Gasteiger partial charge in [0.15, 0.2) is 0 Å². The van der Waals surface area contributed by atoms with Crippen molar-refractivity contribution in [1.82, 2.24) is 0 Å². The first-order valence-electron chi connectivity index (χ1n) is 2.25. The Kier molecular flexibility index (Phi) is 14.2. The van der Waals surface area contributed by atoms with Gasteiger partial charge in [-0.1, -0.05) is 20.8 Å². The largest absolute Gasteiger partial charge is 1.00 e. The van der Waals surface area contributed by atoms with E-state index in [9.17, 15) is 0 Å². The van der Waals surface area contributed by atoms with Crippen molar-refractivity contribution in [3.63, 3.8) is 0 Å². The molecule has 0 aliphatic rings. The van der Waals surface area contributed by atoms with Gasteiger partial charge in [-0.3, -0.25) is 0 Å². The summed E-state index contributed by atoms with van der Waals surface area (Å²) in [5, 5.41) is 10.9. The van der Waals surface area contributed by atoms with E-state index in [1.54, 1.807) is 0 Å². The minimum Gasteiger partial charge on any atom is -1.00 e. The van der Waals surface area contributed by atoms with E-state index in [0.717, 1.165) is 0 Å². The van der Waals surface area contributed by atoms with Crippen molar-refractivity contribution in [2.45, 2.75) is 20.8 Å². The summed E-state index contributed by atoms with van der Waals surface area (Å²) in [6.07, 6.45) is 1.49. The second-order valence-electron chi connectivity index (χ2n) is 2.61. The second-order valence-corrected chi connectivity index (χ2v) is 2.61. The van der Waals surface area contributed by atoms with Crippen LogP contribution in [0.25, 0.3) is 0 Å². The van der Waals surface area contributed by atoms with Crippen LogP contribution in [0.15, 0.2) is 5.16 Å². The first kappa shape index (κ1) is 16.8. The minimum atomic E-state index is 0. The normalized spacial score (nSPS) is 10.1. The predicted octanol–water partition coefficient (Wildman–Crippen LogP) is -4.27. The summed E-state index contributed by atoms with van der Waals surface area (Å²) in [6, 6.07) is 0. The first-order chi connectivity index (χ1) is 3.06. The van der Waals surface area contributed by atoms with Crippen LogP contribution in [0.2, 0.25) is 0 Å². The van der Waals surface area contributed by atoms with E-state index < -0.39 is 0 Å². The van der Waals surface area contributed by atoms with E-state index in [2.05, 4.69) is 5.16 Å².